The van der Waals surface area contributed by atoms with Crippen LogP contribution in [0.25, 0.3) is 0 Å². The Labute approximate surface area is 137 Å². The summed E-state index contributed by atoms with van der Waals surface area (Å²) in [6.45, 7) is 1.90. The van der Waals surface area contributed by atoms with E-state index >= 15 is 0 Å². The molecule has 0 spiro atoms. The Morgan fingerprint density at radius 3 is 2.17 bits per heavy atom. The third kappa shape index (κ3) is 7.14. The molecule has 1 fully saturated rings. The second-order valence-electron chi connectivity index (χ2n) is 6.09. The summed E-state index contributed by atoms with van der Waals surface area (Å²) in [5.41, 5.74) is 0. The molecule has 0 amide bonds. The van der Waals surface area contributed by atoms with Crippen LogP contribution in [0.1, 0.15) is 58.3 Å². The van der Waals surface area contributed by atoms with Crippen LogP contribution in [0.4, 0.5) is 0 Å². The Hall–Kier alpha value is -0.730. The molecule has 0 aromatic heterocycles. The number of ether oxygens (including phenoxy) is 2. The van der Waals surface area contributed by atoms with Crippen molar-refractivity contribution in [3.05, 3.63) is 0 Å². The average Bonchev–Trinajstić information content (AvgIpc) is 2.54. The van der Waals surface area contributed by atoms with E-state index in [0.717, 1.165) is 19.3 Å². The smallest absolute Gasteiger partial charge is 0.305 e. The summed E-state index contributed by atoms with van der Waals surface area (Å²) in [5.74, 6) is -0.399. The quantitative estimate of drug-likeness (QED) is 0.339. The van der Waals surface area contributed by atoms with Crippen LogP contribution in [0.15, 0.2) is 0 Å². The maximum absolute atomic E-state index is 11.6. The van der Waals surface area contributed by atoms with Crippen LogP contribution in [-0.2, 0) is 14.3 Å². The van der Waals surface area contributed by atoms with E-state index < -0.39 is 36.7 Å². The van der Waals surface area contributed by atoms with Crippen LogP contribution in [0, 0.1) is 0 Å². The van der Waals surface area contributed by atoms with Crippen molar-refractivity contribution < 1.29 is 34.7 Å². The number of unbranched alkanes of at least 4 members (excludes halogenated alkanes) is 6. The largest absolute Gasteiger partial charge is 0.463 e. The zero-order valence-electron chi connectivity index (χ0n) is 13.8. The van der Waals surface area contributed by atoms with Gasteiger partial charge in [0.25, 0.3) is 0 Å². The van der Waals surface area contributed by atoms with Gasteiger partial charge in [-0.15, -0.1) is 0 Å². The number of hydrogen-bond acceptors (Lipinski definition) is 7. The molecule has 0 aromatic carbocycles. The van der Waals surface area contributed by atoms with Gasteiger partial charge in [-0.1, -0.05) is 45.4 Å². The van der Waals surface area contributed by atoms with Crippen LogP contribution >= 0.6 is 0 Å². The highest BCUT2D eigenvalue weighted by atomic mass is 16.6. The molecular formula is C16H30O7. The number of aliphatic hydroxyl groups excluding tert-OH is 4. The monoisotopic (exact) mass is 334 g/mol. The summed E-state index contributed by atoms with van der Waals surface area (Å²) >= 11 is 0. The van der Waals surface area contributed by atoms with Gasteiger partial charge in [-0.2, -0.15) is 0 Å². The Morgan fingerprint density at radius 1 is 0.913 bits per heavy atom. The van der Waals surface area contributed by atoms with E-state index in [-0.39, 0.29) is 6.61 Å². The summed E-state index contributed by atoms with van der Waals surface area (Å²) in [4.78, 5) is 11.6. The highest BCUT2D eigenvalue weighted by molar-refractivity contribution is 5.69. The van der Waals surface area contributed by atoms with E-state index in [1.54, 1.807) is 0 Å². The maximum Gasteiger partial charge on any atom is 0.305 e. The first-order valence-corrected chi connectivity index (χ1v) is 8.50. The Balaban J connectivity index is 2.13. The lowest BCUT2D eigenvalue weighted by atomic mass is 9.99. The highest BCUT2D eigenvalue weighted by Crippen LogP contribution is 2.20. The molecule has 5 atom stereocenters. The fraction of sp³-hybridized carbons (Fsp3) is 0.938. The van der Waals surface area contributed by atoms with Crippen molar-refractivity contribution in [1.82, 2.24) is 0 Å². The lowest BCUT2D eigenvalue weighted by Crippen LogP contribution is -2.58. The van der Waals surface area contributed by atoms with Crippen LogP contribution in [0.5, 0.6) is 0 Å². The fourth-order valence-electron chi connectivity index (χ4n) is 2.54. The zero-order chi connectivity index (χ0) is 17.2. The van der Waals surface area contributed by atoms with E-state index in [1.165, 1.54) is 25.7 Å². The molecule has 0 bridgehead atoms. The molecule has 1 aliphatic heterocycles. The van der Waals surface area contributed by atoms with Gasteiger partial charge in [0.1, 0.15) is 31.0 Å². The summed E-state index contributed by atoms with van der Waals surface area (Å²) in [7, 11) is 0. The van der Waals surface area contributed by atoms with Crippen molar-refractivity contribution in [1.29, 1.82) is 0 Å². The SMILES string of the molecule is CCCCCCCCCC(=O)OC[C@H]1OC(O)[C@H](O)[C@@H](O)[C@@H]1O. The first-order chi connectivity index (χ1) is 11.0. The molecule has 0 aliphatic carbocycles. The van der Waals surface area contributed by atoms with E-state index in [1.807, 2.05) is 0 Å². The van der Waals surface area contributed by atoms with E-state index in [4.69, 9.17) is 9.47 Å². The molecule has 7 nitrogen and oxygen atoms in total. The van der Waals surface area contributed by atoms with Crippen LogP contribution < -0.4 is 0 Å². The lowest BCUT2D eigenvalue weighted by Gasteiger charge is -2.37. The van der Waals surface area contributed by atoms with Crippen molar-refractivity contribution in [3.63, 3.8) is 0 Å². The normalized spacial score (nSPS) is 31.1. The second kappa shape index (κ2) is 10.9. The van der Waals surface area contributed by atoms with Gasteiger partial charge >= 0.3 is 5.97 Å². The van der Waals surface area contributed by atoms with Gasteiger partial charge < -0.3 is 29.9 Å². The van der Waals surface area contributed by atoms with E-state index in [2.05, 4.69) is 6.92 Å². The minimum Gasteiger partial charge on any atom is -0.463 e. The summed E-state index contributed by atoms with van der Waals surface area (Å²) in [6, 6.07) is 0. The minimum atomic E-state index is -1.61. The molecule has 0 radical (unpaired) electrons. The molecule has 1 unspecified atom stereocenters. The van der Waals surface area contributed by atoms with Gasteiger partial charge in [0.2, 0.25) is 0 Å². The van der Waals surface area contributed by atoms with Crippen molar-refractivity contribution >= 4 is 5.97 Å². The summed E-state index contributed by atoms with van der Waals surface area (Å²) in [6.07, 6.45) is 0.806. The van der Waals surface area contributed by atoms with E-state index in [9.17, 15) is 25.2 Å². The van der Waals surface area contributed by atoms with Crippen LogP contribution in [-0.4, -0.2) is 63.7 Å². The third-order valence-corrected chi connectivity index (χ3v) is 4.08. The van der Waals surface area contributed by atoms with Crippen molar-refractivity contribution in [2.45, 2.75) is 89.0 Å². The second-order valence-corrected chi connectivity index (χ2v) is 6.09. The number of hydrogen-bond donors (Lipinski definition) is 4. The predicted octanol–water partition coefficient (Wildman–Crippen LogP) is 0.470. The maximum atomic E-state index is 11.6. The molecule has 0 saturated carbocycles. The first kappa shape index (κ1) is 20.3. The summed E-state index contributed by atoms with van der Waals surface area (Å²) in [5, 5.41) is 38.0. The molecule has 136 valence electrons. The standard InChI is InChI=1S/C16H30O7/c1-2-3-4-5-6-7-8-9-12(17)22-10-11-13(18)14(19)15(20)16(21)23-11/h11,13-16,18-21H,2-10H2,1H3/t11-,13-,14+,15-,16?/m1/s1. The topological polar surface area (TPSA) is 116 Å². The molecule has 1 rings (SSSR count). The van der Waals surface area contributed by atoms with Crippen LogP contribution in [0.3, 0.4) is 0 Å². The Kier molecular flexibility index (Phi) is 9.66. The highest BCUT2D eigenvalue weighted by Gasteiger charge is 2.43. The molecule has 0 aromatic rings. The van der Waals surface area contributed by atoms with Gasteiger partial charge in [-0.25, -0.2) is 0 Å². The summed E-state index contributed by atoms with van der Waals surface area (Å²) < 4.78 is 9.93. The van der Waals surface area contributed by atoms with Crippen molar-refractivity contribution in [2.24, 2.45) is 0 Å². The van der Waals surface area contributed by atoms with Crippen LogP contribution in [0.2, 0.25) is 0 Å². The minimum absolute atomic E-state index is 0.267. The van der Waals surface area contributed by atoms with Gasteiger partial charge in [0, 0.05) is 6.42 Å². The lowest BCUT2D eigenvalue weighted by molar-refractivity contribution is -0.287. The van der Waals surface area contributed by atoms with Gasteiger partial charge in [0.05, 0.1) is 0 Å². The van der Waals surface area contributed by atoms with E-state index in [0.29, 0.717) is 6.42 Å². The Bertz CT molecular complexity index is 336. The zero-order valence-corrected chi connectivity index (χ0v) is 13.8. The van der Waals surface area contributed by atoms with Gasteiger partial charge in [0.15, 0.2) is 6.29 Å². The first-order valence-electron chi connectivity index (χ1n) is 8.50. The Morgan fingerprint density at radius 2 is 1.52 bits per heavy atom. The number of rotatable bonds is 10. The number of carbonyl (C=O) groups excluding carboxylic acids is 1. The third-order valence-electron chi connectivity index (χ3n) is 4.08. The molecular weight excluding hydrogens is 304 g/mol. The van der Waals surface area contributed by atoms with Gasteiger partial charge in [-0.3, -0.25) is 4.79 Å². The number of aliphatic hydroxyl groups is 4. The van der Waals surface area contributed by atoms with Gasteiger partial charge in [-0.05, 0) is 6.42 Å². The fourth-order valence-corrected chi connectivity index (χ4v) is 2.54. The predicted molar refractivity (Wildman–Crippen MR) is 82.5 cm³/mol. The molecule has 4 N–H and O–H groups in total. The molecule has 1 saturated heterocycles. The molecule has 1 aliphatic rings. The average molecular weight is 334 g/mol. The van der Waals surface area contributed by atoms with Crippen molar-refractivity contribution in [2.75, 3.05) is 6.61 Å². The number of esters is 1. The molecule has 1 heterocycles. The number of carbonyl (C=O) groups is 1. The molecule has 23 heavy (non-hydrogen) atoms. The van der Waals surface area contributed by atoms with Crippen molar-refractivity contribution in [3.8, 4) is 0 Å². The molecule has 7 heteroatoms.